The molecule has 0 radical (unpaired) electrons. The molecule has 0 aliphatic heterocycles. The first-order chi connectivity index (χ1) is 11.0. The molecule has 3 rings (SSSR count). The molecule has 3 aromatic rings. The zero-order chi connectivity index (χ0) is 16.4. The lowest BCUT2D eigenvalue weighted by molar-refractivity contribution is 0.756. The van der Waals surface area contributed by atoms with E-state index in [1.165, 1.54) is 11.1 Å². The first kappa shape index (κ1) is 15.5. The zero-order valence-electron chi connectivity index (χ0n) is 14.2. The fraction of sp³-hybridized carbons (Fsp3) is 0.389. The number of aromatic nitrogens is 4. The Bertz CT molecular complexity index is 819. The quantitative estimate of drug-likeness (QED) is 0.784. The first-order valence-electron chi connectivity index (χ1n) is 8.02. The second-order valence-corrected chi connectivity index (χ2v) is 6.24. The zero-order valence-corrected chi connectivity index (χ0v) is 14.2. The normalized spacial score (nSPS) is 11.3. The number of nitrogens with zero attached hydrogens (tertiary/aromatic N) is 4. The molecule has 0 saturated carbocycles. The second-order valence-electron chi connectivity index (χ2n) is 6.24. The largest absolute Gasteiger partial charge is 0.369 e. The summed E-state index contributed by atoms with van der Waals surface area (Å²) in [4.78, 5) is 8.78. The Morgan fingerprint density at radius 1 is 1.22 bits per heavy atom. The van der Waals surface area contributed by atoms with E-state index >= 15 is 0 Å². The average molecular weight is 309 g/mol. The maximum atomic E-state index is 4.42. The summed E-state index contributed by atoms with van der Waals surface area (Å²) < 4.78 is 1.86. The highest BCUT2D eigenvalue weighted by Gasteiger charge is 2.08. The lowest BCUT2D eigenvalue weighted by Gasteiger charge is -2.11. The third kappa shape index (κ3) is 3.33. The van der Waals surface area contributed by atoms with Crippen molar-refractivity contribution in [3.63, 3.8) is 0 Å². The topological polar surface area (TPSA) is 55.6 Å². The van der Waals surface area contributed by atoms with Gasteiger partial charge in [0.2, 0.25) is 0 Å². The lowest BCUT2D eigenvalue weighted by Crippen LogP contribution is -2.07. The average Bonchev–Trinajstić information content (AvgIpc) is 2.85. The van der Waals surface area contributed by atoms with E-state index in [1.54, 1.807) is 6.33 Å². The molecule has 0 saturated heterocycles. The molecule has 5 nitrogen and oxygen atoms in total. The molecule has 0 aliphatic rings. The van der Waals surface area contributed by atoms with Gasteiger partial charge in [-0.2, -0.15) is 5.10 Å². The summed E-state index contributed by atoms with van der Waals surface area (Å²) in [5.74, 6) is 1.39. The van der Waals surface area contributed by atoms with Crippen molar-refractivity contribution in [2.24, 2.45) is 7.05 Å². The maximum Gasteiger partial charge on any atom is 0.137 e. The maximum absolute atomic E-state index is 4.42. The van der Waals surface area contributed by atoms with Crippen LogP contribution in [0.4, 0.5) is 5.82 Å². The minimum atomic E-state index is 0.491. The van der Waals surface area contributed by atoms with Gasteiger partial charge in [0.25, 0.3) is 0 Å². The summed E-state index contributed by atoms with van der Waals surface area (Å²) in [6, 6.07) is 6.41. The van der Waals surface area contributed by atoms with E-state index in [9.17, 15) is 0 Å². The second kappa shape index (κ2) is 6.36. The number of nitrogens with one attached hydrogen (secondary N) is 1. The van der Waals surface area contributed by atoms with Gasteiger partial charge in [-0.05, 0) is 42.5 Å². The van der Waals surface area contributed by atoms with Gasteiger partial charge in [0.05, 0.1) is 11.2 Å². The van der Waals surface area contributed by atoms with E-state index in [0.29, 0.717) is 5.92 Å². The molecule has 23 heavy (non-hydrogen) atoms. The highest BCUT2D eigenvalue weighted by molar-refractivity contribution is 5.89. The summed E-state index contributed by atoms with van der Waals surface area (Å²) in [7, 11) is 1.95. The van der Waals surface area contributed by atoms with E-state index in [0.717, 1.165) is 35.4 Å². The smallest absolute Gasteiger partial charge is 0.137 e. The van der Waals surface area contributed by atoms with Crippen molar-refractivity contribution in [1.29, 1.82) is 0 Å². The number of anilines is 1. The highest BCUT2D eigenvalue weighted by Crippen LogP contribution is 2.24. The van der Waals surface area contributed by atoms with Crippen LogP contribution in [0, 0.1) is 6.92 Å². The molecule has 2 heterocycles. The molecule has 0 unspecified atom stereocenters. The van der Waals surface area contributed by atoms with Gasteiger partial charge in [0.1, 0.15) is 12.1 Å². The Kier molecular flexibility index (Phi) is 4.28. The fourth-order valence-corrected chi connectivity index (χ4v) is 2.78. The molecule has 0 bridgehead atoms. The van der Waals surface area contributed by atoms with Crippen molar-refractivity contribution >= 4 is 16.7 Å². The predicted octanol–water partition coefficient (Wildman–Crippen LogP) is 3.45. The van der Waals surface area contributed by atoms with E-state index in [2.05, 4.69) is 58.6 Å². The SMILES string of the molecule is Cc1nn(C)cc1CCNc1ncnc2ccc(C(C)C)cc12. The molecule has 0 amide bonds. The molecule has 0 fully saturated rings. The van der Waals surface area contributed by atoms with Crippen LogP contribution in [0.15, 0.2) is 30.7 Å². The highest BCUT2D eigenvalue weighted by atomic mass is 15.2. The van der Waals surface area contributed by atoms with Crippen molar-refractivity contribution in [2.75, 3.05) is 11.9 Å². The van der Waals surface area contributed by atoms with E-state index in [-0.39, 0.29) is 0 Å². The van der Waals surface area contributed by atoms with Crippen molar-refractivity contribution in [1.82, 2.24) is 19.7 Å². The molecule has 2 aromatic heterocycles. The van der Waals surface area contributed by atoms with Gasteiger partial charge in [0.15, 0.2) is 0 Å². The van der Waals surface area contributed by atoms with Crippen LogP contribution < -0.4 is 5.32 Å². The standard InChI is InChI=1S/C18H23N5/c1-12(2)14-5-6-17-16(9-14)18(21-11-20-17)19-8-7-15-10-23(4)22-13(15)3/h5-6,9-12H,7-8H2,1-4H3,(H,19,20,21). The Balaban J connectivity index is 1.79. The molecule has 5 heteroatoms. The van der Waals surface area contributed by atoms with Gasteiger partial charge in [-0.1, -0.05) is 19.9 Å². The van der Waals surface area contributed by atoms with E-state index in [4.69, 9.17) is 0 Å². The minimum Gasteiger partial charge on any atom is -0.369 e. The van der Waals surface area contributed by atoms with Crippen LogP contribution in [0.5, 0.6) is 0 Å². The van der Waals surface area contributed by atoms with Gasteiger partial charge in [-0.15, -0.1) is 0 Å². The molecule has 0 spiro atoms. The Morgan fingerprint density at radius 2 is 2.04 bits per heavy atom. The Hall–Kier alpha value is -2.43. The molecule has 0 aliphatic carbocycles. The van der Waals surface area contributed by atoms with Crippen molar-refractivity contribution < 1.29 is 0 Å². The number of rotatable bonds is 5. The monoisotopic (exact) mass is 309 g/mol. The fourth-order valence-electron chi connectivity index (χ4n) is 2.78. The van der Waals surface area contributed by atoms with E-state index < -0.39 is 0 Å². The van der Waals surface area contributed by atoms with Gasteiger partial charge >= 0.3 is 0 Å². The van der Waals surface area contributed by atoms with Crippen LogP contribution in [0.2, 0.25) is 0 Å². The van der Waals surface area contributed by atoms with Crippen molar-refractivity contribution in [2.45, 2.75) is 33.1 Å². The number of hydrogen-bond donors (Lipinski definition) is 1. The number of hydrogen-bond acceptors (Lipinski definition) is 4. The summed E-state index contributed by atoms with van der Waals surface area (Å²) in [5.41, 5.74) is 4.63. The molecule has 1 N–H and O–H groups in total. The lowest BCUT2D eigenvalue weighted by atomic mass is 10.0. The summed E-state index contributed by atoms with van der Waals surface area (Å²) >= 11 is 0. The Morgan fingerprint density at radius 3 is 2.74 bits per heavy atom. The predicted molar refractivity (Wildman–Crippen MR) is 93.8 cm³/mol. The third-order valence-electron chi connectivity index (χ3n) is 4.13. The molecular weight excluding hydrogens is 286 g/mol. The molecule has 120 valence electrons. The summed E-state index contributed by atoms with van der Waals surface area (Å²) in [6.07, 6.45) is 4.62. The molecule has 1 aromatic carbocycles. The van der Waals surface area contributed by atoms with Crippen molar-refractivity contribution in [3.05, 3.63) is 47.5 Å². The van der Waals surface area contributed by atoms with Crippen LogP contribution in [0.3, 0.4) is 0 Å². The van der Waals surface area contributed by atoms with Gasteiger partial charge in [0, 0.05) is 25.2 Å². The molecule has 0 atom stereocenters. The minimum absolute atomic E-state index is 0.491. The Labute approximate surface area is 136 Å². The summed E-state index contributed by atoms with van der Waals surface area (Å²) in [5, 5.41) is 8.92. The van der Waals surface area contributed by atoms with Crippen LogP contribution in [0.1, 0.15) is 36.6 Å². The first-order valence-corrected chi connectivity index (χ1v) is 8.02. The van der Waals surface area contributed by atoms with Crippen LogP contribution >= 0.6 is 0 Å². The third-order valence-corrected chi connectivity index (χ3v) is 4.13. The van der Waals surface area contributed by atoms with Crippen molar-refractivity contribution in [3.8, 4) is 0 Å². The van der Waals surface area contributed by atoms with Crippen LogP contribution in [0.25, 0.3) is 10.9 Å². The van der Waals surface area contributed by atoms with Crippen LogP contribution in [-0.4, -0.2) is 26.3 Å². The van der Waals surface area contributed by atoms with Crippen LogP contribution in [-0.2, 0) is 13.5 Å². The van der Waals surface area contributed by atoms with Gasteiger partial charge in [-0.3, -0.25) is 4.68 Å². The number of benzene rings is 1. The summed E-state index contributed by atoms with van der Waals surface area (Å²) in [6.45, 7) is 7.27. The number of aryl methyl sites for hydroxylation is 2. The van der Waals surface area contributed by atoms with Gasteiger partial charge in [-0.25, -0.2) is 9.97 Å². The number of fused-ring (bicyclic) bond motifs is 1. The van der Waals surface area contributed by atoms with E-state index in [1.807, 2.05) is 18.7 Å². The van der Waals surface area contributed by atoms with Gasteiger partial charge < -0.3 is 5.32 Å². The molecular formula is C18H23N5.